The standard InChI is InChI=1S/C12H19N3OS.ClH/c1-3-10-8(2)17-12(14-10)15-11(16)9-5-4-6-13-7-9;/h9,13H,3-7H2,1-2H3,(H,14,15,16);1H/t9-;/m1./s1. The summed E-state index contributed by atoms with van der Waals surface area (Å²) in [6.07, 6.45) is 2.97. The average Bonchev–Trinajstić information content (AvgIpc) is 2.70. The van der Waals surface area contributed by atoms with Crippen LogP contribution in [0.15, 0.2) is 0 Å². The quantitative estimate of drug-likeness (QED) is 0.898. The molecule has 0 saturated carbocycles. The van der Waals surface area contributed by atoms with Crippen LogP contribution in [0, 0.1) is 12.8 Å². The third-order valence-electron chi connectivity index (χ3n) is 3.13. The second kappa shape index (κ2) is 7.07. The zero-order valence-electron chi connectivity index (χ0n) is 10.8. The number of carbonyl (C=O) groups excluding carboxylic acids is 1. The Morgan fingerprint density at radius 1 is 1.61 bits per heavy atom. The third kappa shape index (κ3) is 3.67. The predicted octanol–water partition coefficient (Wildman–Crippen LogP) is 2.37. The van der Waals surface area contributed by atoms with Crippen LogP contribution in [-0.4, -0.2) is 24.0 Å². The van der Waals surface area contributed by atoms with E-state index in [4.69, 9.17) is 0 Å². The predicted molar refractivity (Wildman–Crippen MR) is 77.7 cm³/mol. The van der Waals surface area contributed by atoms with Gasteiger partial charge in [-0.15, -0.1) is 23.7 Å². The first kappa shape index (κ1) is 15.4. The number of nitrogens with one attached hydrogen (secondary N) is 2. The minimum absolute atomic E-state index is 0. The fraction of sp³-hybridized carbons (Fsp3) is 0.667. The molecular weight excluding hydrogens is 270 g/mol. The molecule has 6 heteroatoms. The van der Waals surface area contributed by atoms with Crippen molar-refractivity contribution in [2.45, 2.75) is 33.1 Å². The van der Waals surface area contributed by atoms with E-state index in [1.807, 2.05) is 6.92 Å². The number of aromatic nitrogens is 1. The molecule has 18 heavy (non-hydrogen) atoms. The van der Waals surface area contributed by atoms with Crippen molar-refractivity contribution < 1.29 is 4.79 Å². The summed E-state index contributed by atoms with van der Waals surface area (Å²) in [6.45, 7) is 5.95. The summed E-state index contributed by atoms with van der Waals surface area (Å²) >= 11 is 1.57. The van der Waals surface area contributed by atoms with Gasteiger partial charge >= 0.3 is 0 Å². The molecule has 4 nitrogen and oxygen atoms in total. The number of anilines is 1. The van der Waals surface area contributed by atoms with Crippen molar-refractivity contribution in [2.75, 3.05) is 18.4 Å². The van der Waals surface area contributed by atoms with E-state index in [9.17, 15) is 4.79 Å². The van der Waals surface area contributed by atoms with E-state index in [2.05, 4.69) is 22.5 Å². The maximum absolute atomic E-state index is 12.0. The number of hydrogen-bond acceptors (Lipinski definition) is 4. The first-order valence-electron chi connectivity index (χ1n) is 6.18. The van der Waals surface area contributed by atoms with Crippen LogP contribution in [0.4, 0.5) is 5.13 Å². The van der Waals surface area contributed by atoms with E-state index < -0.39 is 0 Å². The van der Waals surface area contributed by atoms with Gasteiger partial charge in [0.25, 0.3) is 0 Å². The summed E-state index contributed by atoms with van der Waals surface area (Å²) in [4.78, 5) is 17.6. The molecule has 2 heterocycles. The van der Waals surface area contributed by atoms with Gasteiger partial charge in [0.05, 0.1) is 11.6 Å². The number of aryl methyl sites for hydroxylation is 2. The Balaban J connectivity index is 0.00000162. The van der Waals surface area contributed by atoms with Crippen LogP contribution in [0.1, 0.15) is 30.3 Å². The van der Waals surface area contributed by atoms with E-state index in [1.54, 1.807) is 11.3 Å². The number of rotatable bonds is 3. The van der Waals surface area contributed by atoms with Gasteiger partial charge in [-0.25, -0.2) is 4.98 Å². The molecule has 2 N–H and O–H groups in total. The maximum atomic E-state index is 12.0. The molecule has 1 fully saturated rings. The highest BCUT2D eigenvalue weighted by atomic mass is 35.5. The number of nitrogens with zero attached hydrogens (tertiary/aromatic N) is 1. The van der Waals surface area contributed by atoms with Crippen molar-refractivity contribution in [3.05, 3.63) is 10.6 Å². The topological polar surface area (TPSA) is 54.0 Å². The van der Waals surface area contributed by atoms with E-state index in [-0.39, 0.29) is 24.2 Å². The number of thiazole rings is 1. The molecule has 102 valence electrons. The lowest BCUT2D eigenvalue weighted by molar-refractivity contribution is -0.120. The molecule has 1 amide bonds. The summed E-state index contributed by atoms with van der Waals surface area (Å²) in [6, 6.07) is 0. The van der Waals surface area contributed by atoms with Gasteiger partial charge in [-0.3, -0.25) is 4.79 Å². The third-order valence-corrected chi connectivity index (χ3v) is 4.05. The summed E-state index contributed by atoms with van der Waals surface area (Å²) in [5.41, 5.74) is 1.09. The molecule has 0 bridgehead atoms. The minimum Gasteiger partial charge on any atom is -0.316 e. The molecule has 1 aromatic heterocycles. The highest BCUT2D eigenvalue weighted by Gasteiger charge is 2.21. The number of piperidine rings is 1. The van der Waals surface area contributed by atoms with Crippen molar-refractivity contribution in [3.63, 3.8) is 0 Å². The van der Waals surface area contributed by atoms with E-state index in [1.165, 1.54) is 4.88 Å². The Kier molecular flexibility index (Phi) is 6.05. The molecule has 0 unspecified atom stereocenters. The molecular formula is C12H20ClN3OS. The highest BCUT2D eigenvalue weighted by molar-refractivity contribution is 7.15. The van der Waals surface area contributed by atoms with Crippen molar-refractivity contribution >= 4 is 34.8 Å². The molecule has 1 aromatic rings. The Morgan fingerprint density at radius 3 is 2.94 bits per heavy atom. The molecule has 1 aliphatic rings. The van der Waals surface area contributed by atoms with Crippen LogP contribution in [-0.2, 0) is 11.2 Å². The maximum Gasteiger partial charge on any atom is 0.230 e. The first-order chi connectivity index (χ1) is 8.20. The normalized spacial score (nSPS) is 19.1. The lowest BCUT2D eigenvalue weighted by Crippen LogP contribution is -2.37. The van der Waals surface area contributed by atoms with Crippen LogP contribution in [0.3, 0.4) is 0 Å². The van der Waals surface area contributed by atoms with Crippen molar-refractivity contribution in [2.24, 2.45) is 5.92 Å². The van der Waals surface area contributed by atoms with Gasteiger partial charge in [0.1, 0.15) is 0 Å². The summed E-state index contributed by atoms with van der Waals surface area (Å²) in [5.74, 6) is 0.201. The lowest BCUT2D eigenvalue weighted by Gasteiger charge is -2.21. The Morgan fingerprint density at radius 2 is 2.39 bits per heavy atom. The monoisotopic (exact) mass is 289 g/mol. The number of amides is 1. The Labute approximate surface area is 118 Å². The molecule has 0 aromatic carbocycles. The summed E-state index contributed by atoms with van der Waals surface area (Å²) in [7, 11) is 0. The highest BCUT2D eigenvalue weighted by Crippen LogP contribution is 2.23. The molecule has 1 aliphatic heterocycles. The number of halogens is 1. The van der Waals surface area contributed by atoms with Gasteiger partial charge in [-0.2, -0.15) is 0 Å². The zero-order valence-corrected chi connectivity index (χ0v) is 12.4. The van der Waals surface area contributed by atoms with Gasteiger partial charge in [-0.05, 0) is 32.7 Å². The van der Waals surface area contributed by atoms with Gasteiger partial charge in [0, 0.05) is 11.4 Å². The molecule has 1 saturated heterocycles. The Bertz CT molecular complexity index is 402. The van der Waals surface area contributed by atoms with Crippen LogP contribution < -0.4 is 10.6 Å². The minimum atomic E-state index is 0. The molecule has 1 atom stereocenters. The summed E-state index contributed by atoms with van der Waals surface area (Å²) < 4.78 is 0. The molecule has 0 spiro atoms. The van der Waals surface area contributed by atoms with E-state index in [0.717, 1.165) is 43.2 Å². The van der Waals surface area contributed by atoms with Crippen LogP contribution in [0.2, 0.25) is 0 Å². The van der Waals surface area contributed by atoms with Gasteiger partial charge in [0.15, 0.2) is 5.13 Å². The summed E-state index contributed by atoms with van der Waals surface area (Å²) in [5, 5.41) is 6.93. The second-order valence-electron chi connectivity index (χ2n) is 4.41. The lowest BCUT2D eigenvalue weighted by atomic mass is 9.99. The van der Waals surface area contributed by atoms with Crippen LogP contribution >= 0.6 is 23.7 Å². The number of carbonyl (C=O) groups is 1. The van der Waals surface area contributed by atoms with E-state index in [0.29, 0.717) is 0 Å². The largest absolute Gasteiger partial charge is 0.316 e. The first-order valence-corrected chi connectivity index (χ1v) is 7.00. The van der Waals surface area contributed by atoms with Gasteiger partial charge in [0.2, 0.25) is 5.91 Å². The SMILES string of the molecule is CCc1nc(NC(=O)[C@@H]2CCCNC2)sc1C.Cl. The fourth-order valence-corrected chi connectivity index (χ4v) is 3.00. The molecule has 2 rings (SSSR count). The second-order valence-corrected chi connectivity index (χ2v) is 5.61. The smallest absolute Gasteiger partial charge is 0.230 e. The fourth-order valence-electron chi connectivity index (χ4n) is 2.09. The zero-order chi connectivity index (χ0) is 12.3. The molecule has 0 radical (unpaired) electrons. The van der Waals surface area contributed by atoms with Crippen molar-refractivity contribution in [1.82, 2.24) is 10.3 Å². The van der Waals surface area contributed by atoms with Crippen LogP contribution in [0.25, 0.3) is 0 Å². The molecule has 0 aliphatic carbocycles. The van der Waals surface area contributed by atoms with E-state index >= 15 is 0 Å². The Hall–Kier alpha value is -0.650. The van der Waals surface area contributed by atoms with Crippen molar-refractivity contribution in [1.29, 1.82) is 0 Å². The average molecular weight is 290 g/mol. The number of hydrogen-bond donors (Lipinski definition) is 2. The van der Waals surface area contributed by atoms with Crippen molar-refractivity contribution in [3.8, 4) is 0 Å². The van der Waals surface area contributed by atoms with Crippen LogP contribution in [0.5, 0.6) is 0 Å². The van der Waals surface area contributed by atoms with Gasteiger partial charge in [-0.1, -0.05) is 6.92 Å². The van der Waals surface area contributed by atoms with Gasteiger partial charge < -0.3 is 10.6 Å².